The maximum Gasteiger partial charge on any atom is 0.241 e. The molecular formula is C13H21BrN2O2S. The zero-order valence-electron chi connectivity index (χ0n) is 11.6. The highest BCUT2D eigenvalue weighted by Gasteiger charge is 2.16. The minimum atomic E-state index is -3.42. The quantitative estimate of drug-likeness (QED) is 0.770. The fraction of sp³-hybridized carbons (Fsp3) is 0.538. The van der Waals surface area contributed by atoms with Crippen molar-refractivity contribution in [1.82, 2.24) is 9.62 Å². The summed E-state index contributed by atoms with van der Waals surface area (Å²) in [5.41, 5.74) is 0. The van der Waals surface area contributed by atoms with Crippen LogP contribution in [0.15, 0.2) is 33.6 Å². The smallest absolute Gasteiger partial charge is 0.241 e. The standard InChI is InChI=1S/C13H21BrN2O2S/c1-11(2)16(3)10-6-9-15-19(17,18)13-8-5-4-7-12(13)14/h4-5,7-8,11,15H,6,9-10H2,1-3H3. The number of sulfonamides is 1. The van der Waals surface area contributed by atoms with E-state index in [-0.39, 0.29) is 4.90 Å². The Labute approximate surface area is 124 Å². The third-order valence-electron chi connectivity index (χ3n) is 2.99. The van der Waals surface area contributed by atoms with Gasteiger partial charge in [-0.1, -0.05) is 12.1 Å². The lowest BCUT2D eigenvalue weighted by Crippen LogP contribution is -2.31. The van der Waals surface area contributed by atoms with E-state index in [0.717, 1.165) is 13.0 Å². The van der Waals surface area contributed by atoms with Crippen LogP contribution < -0.4 is 4.72 Å². The molecule has 0 aliphatic heterocycles. The number of hydrogen-bond acceptors (Lipinski definition) is 3. The monoisotopic (exact) mass is 348 g/mol. The molecule has 0 amide bonds. The van der Waals surface area contributed by atoms with Gasteiger partial charge < -0.3 is 4.90 Å². The minimum Gasteiger partial charge on any atom is -0.304 e. The largest absolute Gasteiger partial charge is 0.304 e. The molecular weight excluding hydrogens is 328 g/mol. The van der Waals surface area contributed by atoms with Crippen molar-refractivity contribution in [2.24, 2.45) is 0 Å². The van der Waals surface area contributed by atoms with Crippen molar-refractivity contribution >= 4 is 26.0 Å². The van der Waals surface area contributed by atoms with Gasteiger partial charge in [0.1, 0.15) is 0 Å². The van der Waals surface area contributed by atoms with E-state index in [0.29, 0.717) is 17.1 Å². The zero-order chi connectivity index (χ0) is 14.5. The van der Waals surface area contributed by atoms with Gasteiger partial charge in [0.05, 0.1) is 4.90 Å². The molecule has 108 valence electrons. The molecule has 0 spiro atoms. The normalized spacial score (nSPS) is 12.3. The van der Waals surface area contributed by atoms with Gasteiger partial charge in [-0.15, -0.1) is 0 Å². The molecule has 0 radical (unpaired) electrons. The zero-order valence-corrected chi connectivity index (χ0v) is 14.0. The third kappa shape index (κ3) is 5.22. The lowest BCUT2D eigenvalue weighted by molar-refractivity contribution is 0.271. The van der Waals surface area contributed by atoms with Crippen LogP contribution in [0.5, 0.6) is 0 Å². The Bertz CT molecular complexity index is 503. The highest BCUT2D eigenvalue weighted by atomic mass is 79.9. The number of halogens is 1. The molecule has 0 heterocycles. The molecule has 0 bridgehead atoms. The van der Waals surface area contributed by atoms with E-state index in [1.54, 1.807) is 24.3 Å². The van der Waals surface area contributed by atoms with Gasteiger partial charge in [-0.25, -0.2) is 13.1 Å². The number of nitrogens with zero attached hydrogens (tertiary/aromatic N) is 1. The van der Waals surface area contributed by atoms with Gasteiger partial charge in [-0.3, -0.25) is 0 Å². The number of nitrogens with one attached hydrogen (secondary N) is 1. The molecule has 0 aliphatic rings. The number of hydrogen-bond donors (Lipinski definition) is 1. The summed E-state index contributed by atoms with van der Waals surface area (Å²) in [6.45, 7) is 5.55. The second-order valence-corrected chi connectivity index (χ2v) is 7.35. The van der Waals surface area contributed by atoms with Crippen molar-refractivity contribution in [2.75, 3.05) is 20.1 Å². The summed E-state index contributed by atoms with van der Waals surface area (Å²) >= 11 is 3.26. The Morgan fingerprint density at radius 1 is 1.32 bits per heavy atom. The Morgan fingerprint density at radius 2 is 1.95 bits per heavy atom. The molecule has 1 N–H and O–H groups in total. The number of benzene rings is 1. The molecule has 4 nitrogen and oxygen atoms in total. The maximum atomic E-state index is 12.1. The van der Waals surface area contributed by atoms with Crippen molar-refractivity contribution < 1.29 is 8.42 Å². The maximum absolute atomic E-state index is 12.1. The predicted molar refractivity (Wildman–Crippen MR) is 81.7 cm³/mol. The minimum absolute atomic E-state index is 0.284. The Hall–Kier alpha value is -0.430. The second-order valence-electron chi connectivity index (χ2n) is 4.76. The first-order valence-electron chi connectivity index (χ1n) is 6.29. The average Bonchev–Trinajstić information content (AvgIpc) is 2.34. The van der Waals surface area contributed by atoms with E-state index in [4.69, 9.17) is 0 Å². The summed E-state index contributed by atoms with van der Waals surface area (Å²) in [6.07, 6.45) is 0.790. The first-order chi connectivity index (χ1) is 8.84. The Balaban J connectivity index is 2.51. The molecule has 0 unspecified atom stereocenters. The summed E-state index contributed by atoms with van der Waals surface area (Å²) in [7, 11) is -1.39. The van der Waals surface area contributed by atoms with Gasteiger partial charge in [0.2, 0.25) is 10.0 Å². The molecule has 1 aromatic carbocycles. The van der Waals surface area contributed by atoms with Crippen LogP contribution in [0.3, 0.4) is 0 Å². The summed E-state index contributed by atoms with van der Waals surface area (Å²) < 4.78 is 27.4. The summed E-state index contributed by atoms with van der Waals surface area (Å²) in [5.74, 6) is 0. The van der Waals surface area contributed by atoms with Gasteiger partial charge >= 0.3 is 0 Å². The second kappa shape index (κ2) is 7.38. The predicted octanol–water partition coefficient (Wildman–Crippen LogP) is 2.46. The van der Waals surface area contributed by atoms with Crippen molar-refractivity contribution in [3.8, 4) is 0 Å². The molecule has 6 heteroatoms. The Kier molecular flexibility index (Phi) is 6.46. The van der Waals surface area contributed by atoms with Crippen molar-refractivity contribution in [1.29, 1.82) is 0 Å². The Morgan fingerprint density at radius 3 is 2.53 bits per heavy atom. The van der Waals surface area contributed by atoms with Crippen molar-refractivity contribution in [2.45, 2.75) is 31.2 Å². The molecule has 0 atom stereocenters. The van der Waals surface area contributed by atoms with Crippen LogP contribution in [0.2, 0.25) is 0 Å². The van der Waals surface area contributed by atoms with E-state index in [1.165, 1.54) is 0 Å². The van der Waals surface area contributed by atoms with Gasteiger partial charge in [0, 0.05) is 17.1 Å². The molecule has 0 aliphatic carbocycles. The van der Waals surface area contributed by atoms with Crippen LogP contribution in [0.1, 0.15) is 20.3 Å². The highest BCUT2D eigenvalue weighted by Crippen LogP contribution is 2.20. The molecule has 0 saturated carbocycles. The topological polar surface area (TPSA) is 49.4 Å². The highest BCUT2D eigenvalue weighted by molar-refractivity contribution is 9.10. The van der Waals surface area contributed by atoms with Crippen molar-refractivity contribution in [3.63, 3.8) is 0 Å². The van der Waals surface area contributed by atoms with Gasteiger partial charge in [0.25, 0.3) is 0 Å². The van der Waals surface area contributed by atoms with Crippen LogP contribution in [0.4, 0.5) is 0 Å². The van der Waals surface area contributed by atoms with E-state index in [1.807, 2.05) is 7.05 Å². The first-order valence-corrected chi connectivity index (χ1v) is 8.56. The molecule has 0 fully saturated rings. The van der Waals surface area contributed by atoms with E-state index in [9.17, 15) is 8.42 Å². The summed E-state index contributed by atoms with van der Waals surface area (Å²) in [6, 6.07) is 7.29. The van der Waals surface area contributed by atoms with E-state index in [2.05, 4.69) is 39.4 Å². The summed E-state index contributed by atoms with van der Waals surface area (Å²) in [4.78, 5) is 2.47. The van der Waals surface area contributed by atoms with Crippen LogP contribution in [-0.2, 0) is 10.0 Å². The SMILES string of the molecule is CC(C)N(C)CCCNS(=O)(=O)c1ccccc1Br. The summed E-state index contributed by atoms with van der Waals surface area (Å²) in [5, 5.41) is 0. The van der Waals surface area contributed by atoms with Crippen LogP contribution in [0, 0.1) is 0 Å². The fourth-order valence-electron chi connectivity index (χ4n) is 1.53. The fourth-order valence-corrected chi connectivity index (χ4v) is 3.61. The molecule has 0 aromatic heterocycles. The molecule has 0 saturated heterocycles. The van der Waals surface area contributed by atoms with E-state index >= 15 is 0 Å². The van der Waals surface area contributed by atoms with Crippen LogP contribution in [0.25, 0.3) is 0 Å². The van der Waals surface area contributed by atoms with Gasteiger partial charge in [-0.2, -0.15) is 0 Å². The lowest BCUT2D eigenvalue weighted by atomic mass is 10.3. The first kappa shape index (κ1) is 16.6. The number of rotatable bonds is 7. The van der Waals surface area contributed by atoms with Crippen LogP contribution >= 0.6 is 15.9 Å². The third-order valence-corrected chi connectivity index (χ3v) is 5.46. The van der Waals surface area contributed by atoms with Crippen LogP contribution in [-0.4, -0.2) is 39.5 Å². The molecule has 19 heavy (non-hydrogen) atoms. The van der Waals surface area contributed by atoms with Gasteiger partial charge in [-0.05, 0) is 61.9 Å². The van der Waals surface area contributed by atoms with Crippen molar-refractivity contribution in [3.05, 3.63) is 28.7 Å². The van der Waals surface area contributed by atoms with E-state index < -0.39 is 10.0 Å². The average molecular weight is 349 g/mol. The molecule has 1 aromatic rings. The van der Waals surface area contributed by atoms with Gasteiger partial charge in [0.15, 0.2) is 0 Å². The lowest BCUT2D eigenvalue weighted by Gasteiger charge is -2.20. The molecule has 1 rings (SSSR count).